The van der Waals surface area contributed by atoms with Crippen LogP contribution in [-0.2, 0) is 16.1 Å². The van der Waals surface area contributed by atoms with E-state index in [9.17, 15) is 28.7 Å². The van der Waals surface area contributed by atoms with Gasteiger partial charge >= 0.3 is 11.7 Å². The number of carbonyl (C=O) groups is 3. The van der Waals surface area contributed by atoms with E-state index in [1.807, 2.05) is 0 Å². The molecule has 0 fully saturated rings. The molecule has 0 spiro atoms. The zero-order valence-electron chi connectivity index (χ0n) is 18.5. The number of H-pyrrole nitrogens is 1. The average Bonchev–Trinajstić information content (AvgIpc) is 3.16. The van der Waals surface area contributed by atoms with Crippen LogP contribution in [0, 0.1) is 5.82 Å². The summed E-state index contributed by atoms with van der Waals surface area (Å²) >= 11 is 6.15. The Bertz CT molecular complexity index is 1500. The summed E-state index contributed by atoms with van der Waals surface area (Å²) in [5.41, 5.74) is 0.728. The number of rotatable bonds is 8. The number of halogens is 2. The third-order valence-corrected chi connectivity index (χ3v) is 5.63. The summed E-state index contributed by atoms with van der Waals surface area (Å²) in [6, 6.07) is 12.9. The van der Waals surface area contributed by atoms with Gasteiger partial charge in [0.2, 0.25) is 5.91 Å². The van der Waals surface area contributed by atoms with Gasteiger partial charge in [-0.15, -0.1) is 0 Å². The van der Waals surface area contributed by atoms with Crippen LogP contribution in [0.2, 0.25) is 5.02 Å². The van der Waals surface area contributed by atoms with E-state index in [1.165, 1.54) is 12.3 Å². The van der Waals surface area contributed by atoms with Crippen LogP contribution in [0.1, 0.15) is 10.4 Å². The molecule has 0 unspecified atom stereocenters. The first-order valence-corrected chi connectivity index (χ1v) is 11.0. The topological polar surface area (TPSA) is 146 Å². The van der Waals surface area contributed by atoms with Crippen molar-refractivity contribution < 1.29 is 23.9 Å². The first-order valence-electron chi connectivity index (χ1n) is 10.6. The molecule has 0 aliphatic heterocycles. The SMILES string of the molecule is O=C(Cn1c(=O)[nH]c2ncccc21)NC[C@H](NC(=O)c1c(F)cc(-c2ccccc2)cc1Cl)C(=O)O. The van der Waals surface area contributed by atoms with Crippen molar-refractivity contribution in [1.29, 1.82) is 0 Å². The second-order valence-electron chi connectivity index (χ2n) is 7.74. The molecule has 2 amide bonds. The minimum Gasteiger partial charge on any atom is -0.480 e. The number of hydrogen-bond donors (Lipinski definition) is 4. The van der Waals surface area contributed by atoms with E-state index < -0.39 is 54.0 Å². The minimum absolute atomic E-state index is 0.202. The molecule has 4 aromatic rings. The van der Waals surface area contributed by atoms with Crippen LogP contribution in [0.15, 0.2) is 65.6 Å². The van der Waals surface area contributed by atoms with Crippen molar-refractivity contribution >= 4 is 40.5 Å². The lowest BCUT2D eigenvalue weighted by atomic mass is 10.0. The molecule has 1 atom stereocenters. The van der Waals surface area contributed by atoms with Gasteiger partial charge in [-0.3, -0.25) is 19.1 Å². The fraction of sp³-hybridized carbons (Fsp3) is 0.125. The van der Waals surface area contributed by atoms with Crippen LogP contribution in [0.25, 0.3) is 22.3 Å². The van der Waals surface area contributed by atoms with Crippen LogP contribution in [0.5, 0.6) is 0 Å². The second kappa shape index (κ2) is 10.4. The molecule has 2 heterocycles. The van der Waals surface area contributed by atoms with Gasteiger partial charge in [0.15, 0.2) is 5.65 Å². The molecule has 184 valence electrons. The van der Waals surface area contributed by atoms with Gasteiger partial charge in [0.1, 0.15) is 18.4 Å². The Hall–Kier alpha value is -4.51. The number of benzene rings is 2. The molecule has 12 heteroatoms. The van der Waals surface area contributed by atoms with Crippen molar-refractivity contribution in [3.63, 3.8) is 0 Å². The molecule has 0 saturated heterocycles. The van der Waals surface area contributed by atoms with Crippen molar-refractivity contribution in [2.24, 2.45) is 0 Å². The van der Waals surface area contributed by atoms with Crippen molar-refractivity contribution in [1.82, 2.24) is 25.2 Å². The lowest BCUT2D eigenvalue weighted by molar-refractivity contribution is -0.139. The first kappa shape index (κ1) is 24.6. The number of carbonyl (C=O) groups excluding carboxylic acids is 2. The number of hydrogen-bond acceptors (Lipinski definition) is 5. The average molecular weight is 512 g/mol. The number of aromatic nitrogens is 3. The number of nitrogens with zero attached hydrogens (tertiary/aromatic N) is 2. The molecule has 0 bridgehead atoms. The maximum absolute atomic E-state index is 14.8. The fourth-order valence-corrected chi connectivity index (χ4v) is 3.87. The largest absolute Gasteiger partial charge is 0.480 e. The summed E-state index contributed by atoms with van der Waals surface area (Å²) in [6.07, 6.45) is 1.48. The molecule has 4 N–H and O–H groups in total. The van der Waals surface area contributed by atoms with Crippen LogP contribution in [-0.4, -0.2) is 50.0 Å². The Kier molecular flexibility index (Phi) is 7.11. The lowest BCUT2D eigenvalue weighted by Gasteiger charge is -2.17. The first-order chi connectivity index (χ1) is 17.2. The van der Waals surface area contributed by atoms with E-state index in [2.05, 4.69) is 20.6 Å². The summed E-state index contributed by atoms with van der Waals surface area (Å²) in [4.78, 5) is 55.3. The van der Waals surface area contributed by atoms with Crippen LogP contribution in [0.4, 0.5) is 4.39 Å². The highest BCUT2D eigenvalue weighted by molar-refractivity contribution is 6.34. The Morgan fingerprint density at radius 2 is 1.86 bits per heavy atom. The molecule has 2 aromatic heterocycles. The molecule has 0 aliphatic carbocycles. The van der Waals surface area contributed by atoms with E-state index in [1.54, 1.807) is 42.5 Å². The number of carboxylic acids is 1. The molecule has 4 rings (SSSR count). The predicted octanol–water partition coefficient (Wildman–Crippen LogP) is 2.18. The molecule has 0 aliphatic rings. The zero-order chi connectivity index (χ0) is 25.8. The maximum atomic E-state index is 14.8. The molecular weight excluding hydrogens is 493 g/mol. The summed E-state index contributed by atoms with van der Waals surface area (Å²) in [5, 5.41) is 13.8. The number of fused-ring (bicyclic) bond motifs is 1. The predicted molar refractivity (Wildman–Crippen MR) is 129 cm³/mol. The van der Waals surface area contributed by atoms with Gasteiger partial charge in [-0.2, -0.15) is 0 Å². The Balaban J connectivity index is 1.44. The van der Waals surface area contributed by atoms with Gasteiger partial charge in [-0.05, 0) is 35.4 Å². The van der Waals surface area contributed by atoms with Crippen molar-refractivity contribution in [2.45, 2.75) is 12.6 Å². The van der Waals surface area contributed by atoms with Gasteiger partial charge in [-0.1, -0.05) is 41.9 Å². The minimum atomic E-state index is -1.59. The van der Waals surface area contributed by atoms with Crippen LogP contribution in [0.3, 0.4) is 0 Å². The van der Waals surface area contributed by atoms with Gasteiger partial charge in [0, 0.05) is 12.7 Å². The molecule has 10 nitrogen and oxygen atoms in total. The maximum Gasteiger partial charge on any atom is 0.328 e. The number of imidazole rings is 1. The molecule has 36 heavy (non-hydrogen) atoms. The third-order valence-electron chi connectivity index (χ3n) is 5.33. The standard InChI is InChI=1S/C24H19ClFN5O5/c25-15-9-14(13-5-2-1-3-6-13)10-16(26)20(15)22(33)29-17(23(34)35)11-28-19(32)12-31-18-7-4-8-27-21(18)30-24(31)36/h1-10,17H,11-12H2,(H,28,32)(H,29,33)(H,34,35)(H,27,30,36)/t17-/m0/s1. The number of carboxylic acid groups (broad SMARTS) is 1. The van der Waals surface area contributed by atoms with Crippen LogP contribution >= 0.6 is 11.6 Å². The highest BCUT2D eigenvalue weighted by atomic mass is 35.5. The van der Waals surface area contributed by atoms with Gasteiger partial charge in [0.25, 0.3) is 5.91 Å². The number of amides is 2. The smallest absolute Gasteiger partial charge is 0.328 e. The summed E-state index contributed by atoms with van der Waals surface area (Å²) < 4.78 is 15.9. The fourth-order valence-electron chi connectivity index (χ4n) is 3.58. The Morgan fingerprint density at radius 1 is 1.11 bits per heavy atom. The highest BCUT2D eigenvalue weighted by Gasteiger charge is 2.25. The number of nitrogens with one attached hydrogen (secondary N) is 3. The van der Waals surface area contributed by atoms with Gasteiger partial charge < -0.3 is 15.7 Å². The highest BCUT2D eigenvalue weighted by Crippen LogP contribution is 2.28. The Morgan fingerprint density at radius 3 is 2.56 bits per heavy atom. The quantitative estimate of drug-likeness (QED) is 0.285. The molecule has 0 radical (unpaired) electrons. The zero-order valence-corrected chi connectivity index (χ0v) is 19.3. The number of aliphatic carboxylic acids is 1. The van der Waals surface area contributed by atoms with Crippen molar-refractivity contribution in [3.05, 3.63) is 87.7 Å². The molecule has 2 aromatic carbocycles. The van der Waals surface area contributed by atoms with Crippen molar-refractivity contribution in [2.75, 3.05) is 6.54 Å². The van der Waals surface area contributed by atoms with E-state index in [0.717, 1.165) is 10.6 Å². The molecule has 0 saturated carbocycles. The number of pyridine rings is 1. The van der Waals surface area contributed by atoms with Crippen molar-refractivity contribution in [3.8, 4) is 11.1 Å². The van der Waals surface area contributed by atoms with E-state index >= 15 is 0 Å². The van der Waals surface area contributed by atoms with E-state index in [-0.39, 0.29) is 5.02 Å². The number of aromatic amines is 1. The lowest BCUT2D eigenvalue weighted by Crippen LogP contribution is -2.49. The van der Waals surface area contributed by atoms with E-state index in [4.69, 9.17) is 11.6 Å². The summed E-state index contributed by atoms with van der Waals surface area (Å²) in [5.74, 6) is -4.13. The Labute approximate surface area is 207 Å². The van der Waals surface area contributed by atoms with Gasteiger partial charge in [0.05, 0.1) is 16.1 Å². The normalized spacial score (nSPS) is 11.7. The summed E-state index contributed by atoms with van der Waals surface area (Å²) in [6.45, 7) is -0.928. The van der Waals surface area contributed by atoms with E-state index in [0.29, 0.717) is 22.3 Å². The van der Waals surface area contributed by atoms with Crippen LogP contribution < -0.4 is 16.3 Å². The monoisotopic (exact) mass is 511 g/mol. The summed E-state index contributed by atoms with van der Waals surface area (Å²) in [7, 11) is 0. The van der Waals surface area contributed by atoms with Gasteiger partial charge in [-0.25, -0.2) is 19.0 Å². The third kappa shape index (κ3) is 5.26. The molecular formula is C24H19ClFN5O5. The second-order valence-corrected chi connectivity index (χ2v) is 8.14.